The van der Waals surface area contributed by atoms with Crippen LogP contribution in [-0.2, 0) is 9.59 Å². The number of halogens is 1. The smallest absolute Gasteiger partial charge is 0.294 e. The molecule has 0 aliphatic carbocycles. The summed E-state index contributed by atoms with van der Waals surface area (Å²) in [5.74, 6) is 0.279. The number of para-hydroxylation sites is 1. The molecule has 2 aromatic carbocycles. The first-order valence-electron chi connectivity index (χ1n) is 9.62. The van der Waals surface area contributed by atoms with E-state index >= 15 is 0 Å². The van der Waals surface area contributed by atoms with Gasteiger partial charge in [-0.3, -0.25) is 19.3 Å². The second-order valence-corrected chi connectivity index (χ2v) is 8.53. The lowest BCUT2D eigenvalue weighted by atomic mass is 10.2. The number of benzene rings is 2. The largest absolute Gasteiger partial charge is 0.490 e. The molecular formula is C22H21IN2O5S. The van der Waals surface area contributed by atoms with Crippen LogP contribution in [0.1, 0.15) is 19.4 Å². The van der Waals surface area contributed by atoms with E-state index in [2.05, 4.69) is 27.9 Å². The SMILES string of the molecule is CCOc1cc(/C=C2/SC(=O)N(CC(=O)Nc3ccccc3)C2=O)cc(I)c1OCC. The van der Waals surface area contributed by atoms with Gasteiger partial charge in [-0.25, -0.2) is 0 Å². The summed E-state index contributed by atoms with van der Waals surface area (Å²) in [5.41, 5.74) is 1.30. The topological polar surface area (TPSA) is 84.9 Å². The number of hydrogen-bond acceptors (Lipinski definition) is 6. The van der Waals surface area contributed by atoms with Crippen molar-refractivity contribution >= 4 is 63.2 Å². The monoisotopic (exact) mass is 552 g/mol. The van der Waals surface area contributed by atoms with E-state index in [1.165, 1.54) is 0 Å². The van der Waals surface area contributed by atoms with Crippen LogP contribution in [-0.4, -0.2) is 41.7 Å². The average Bonchev–Trinajstić information content (AvgIpc) is 2.99. The molecule has 0 aromatic heterocycles. The molecule has 3 rings (SSSR count). The zero-order chi connectivity index (χ0) is 22.4. The van der Waals surface area contributed by atoms with Gasteiger partial charge in [0.1, 0.15) is 6.54 Å². The molecule has 1 N–H and O–H groups in total. The number of imide groups is 1. The van der Waals surface area contributed by atoms with E-state index in [1.54, 1.807) is 36.4 Å². The predicted octanol–water partition coefficient (Wildman–Crippen LogP) is 4.76. The maximum Gasteiger partial charge on any atom is 0.294 e. The Labute approximate surface area is 198 Å². The Morgan fingerprint density at radius 1 is 1.13 bits per heavy atom. The predicted molar refractivity (Wildman–Crippen MR) is 129 cm³/mol. The number of thioether (sulfide) groups is 1. The van der Waals surface area contributed by atoms with Crippen molar-refractivity contribution in [1.82, 2.24) is 4.90 Å². The Balaban J connectivity index is 1.77. The van der Waals surface area contributed by atoms with Gasteiger partial charge in [-0.1, -0.05) is 18.2 Å². The van der Waals surface area contributed by atoms with E-state index in [4.69, 9.17) is 9.47 Å². The summed E-state index contributed by atoms with van der Waals surface area (Å²) in [6.07, 6.45) is 1.63. The van der Waals surface area contributed by atoms with Crippen molar-refractivity contribution in [3.05, 3.63) is 56.5 Å². The molecule has 1 aliphatic rings. The van der Waals surface area contributed by atoms with Gasteiger partial charge >= 0.3 is 0 Å². The van der Waals surface area contributed by atoms with E-state index in [0.29, 0.717) is 36.0 Å². The van der Waals surface area contributed by atoms with Crippen molar-refractivity contribution in [1.29, 1.82) is 0 Å². The van der Waals surface area contributed by atoms with Crippen LogP contribution in [0.15, 0.2) is 47.4 Å². The first-order valence-corrected chi connectivity index (χ1v) is 11.5. The fourth-order valence-electron chi connectivity index (χ4n) is 2.87. The highest BCUT2D eigenvalue weighted by Gasteiger charge is 2.36. The lowest BCUT2D eigenvalue weighted by Crippen LogP contribution is -2.36. The summed E-state index contributed by atoms with van der Waals surface area (Å²) < 4.78 is 12.2. The van der Waals surface area contributed by atoms with E-state index in [9.17, 15) is 14.4 Å². The molecular weight excluding hydrogens is 531 g/mol. The molecule has 0 saturated carbocycles. The molecule has 31 heavy (non-hydrogen) atoms. The van der Waals surface area contributed by atoms with Gasteiger partial charge in [0.05, 0.1) is 21.7 Å². The molecule has 9 heteroatoms. The normalized spacial score (nSPS) is 14.8. The maximum absolute atomic E-state index is 12.8. The van der Waals surface area contributed by atoms with E-state index < -0.39 is 17.1 Å². The molecule has 0 unspecified atom stereocenters. The van der Waals surface area contributed by atoms with Gasteiger partial charge < -0.3 is 14.8 Å². The molecule has 1 heterocycles. The molecule has 0 spiro atoms. The third kappa shape index (κ3) is 5.79. The minimum absolute atomic E-state index is 0.250. The molecule has 0 bridgehead atoms. The maximum atomic E-state index is 12.8. The zero-order valence-electron chi connectivity index (χ0n) is 17.0. The molecule has 0 atom stereocenters. The van der Waals surface area contributed by atoms with Crippen LogP contribution < -0.4 is 14.8 Å². The lowest BCUT2D eigenvalue weighted by Gasteiger charge is -2.14. The molecule has 1 fully saturated rings. The third-order valence-corrected chi connectivity index (χ3v) is 5.86. The number of carbonyl (C=O) groups excluding carboxylic acids is 3. The minimum atomic E-state index is -0.500. The highest BCUT2D eigenvalue weighted by Crippen LogP contribution is 2.37. The fraction of sp³-hybridized carbons (Fsp3) is 0.227. The highest BCUT2D eigenvalue weighted by molar-refractivity contribution is 14.1. The lowest BCUT2D eigenvalue weighted by molar-refractivity contribution is -0.127. The molecule has 3 amide bonds. The van der Waals surface area contributed by atoms with Gasteiger partial charge in [-0.15, -0.1) is 0 Å². The molecule has 1 aliphatic heterocycles. The number of rotatable bonds is 8. The summed E-state index contributed by atoms with van der Waals surface area (Å²) in [6.45, 7) is 4.39. The van der Waals surface area contributed by atoms with Crippen LogP contribution in [0.2, 0.25) is 0 Å². The van der Waals surface area contributed by atoms with Crippen molar-refractivity contribution in [3.63, 3.8) is 0 Å². The Hall–Kier alpha value is -2.53. The van der Waals surface area contributed by atoms with Crippen molar-refractivity contribution < 1.29 is 23.9 Å². The quantitative estimate of drug-likeness (QED) is 0.376. The molecule has 2 aromatic rings. The summed E-state index contributed by atoms with van der Waals surface area (Å²) in [4.78, 5) is 38.6. The van der Waals surface area contributed by atoms with Crippen LogP contribution in [0, 0.1) is 3.57 Å². The Kier molecular flexibility index (Phi) is 7.97. The van der Waals surface area contributed by atoms with Crippen LogP contribution in [0.25, 0.3) is 6.08 Å². The van der Waals surface area contributed by atoms with Gasteiger partial charge in [-0.2, -0.15) is 0 Å². The Morgan fingerprint density at radius 3 is 2.52 bits per heavy atom. The zero-order valence-corrected chi connectivity index (χ0v) is 20.0. The fourth-order valence-corrected chi connectivity index (χ4v) is 4.49. The summed E-state index contributed by atoms with van der Waals surface area (Å²) in [5, 5.41) is 2.20. The second-order valence-electron chi connectivity index (χ2n) is 6.38. The summed E-state index contributed by atoms with van der Waals surface area (Å²) >= 11 is 2.95. The van der Waals surface area contributed by atoms with Gasteiger partial charge in [-0.05, 0) is 84.1 Å². The van der Waals surface area contributed by atoms with Gasteiger partial charge in [0.25, 0.3) is 11.1 Å². The van der Waals surface area contributed by atoms with Gasteiger partial charge in [0.2, 0.25) is 5.91 Å². The number of amides is 3. The molecule has 0 radical (unpaired) electrons. The Bertz CT molecular complexity index is 1030. The number of nitrogens with one attached hydrogen (secondary N) is 1. The van der Waals surface area contributed by atoms with E-state index in [-0.39, 0.29) is 11.4 Å². The first kappa shape index (κ1) is 23.1. The van der Waals surface area contributed by atoms with E-state index in [1.807, 2.05) is 26.0 Å². The van der Waals surface area contributed by atoms with Crippen LogP contribution >= 0.6 is 34.4 Å². The van der Waals surface area contributed by atoms with Crippen LogP contribution in [0.4, 0.5) is 10.5 Å². The first-order chi connectivity index (χ1) is 14.9. The average molecular weight is 552 g/mol. The summed E-state index contributed by atoms with van der Waals surface area (Å²) in [7, 11) is 0. The molecule has 7 nitrogen and oxygen atoms in total. The summed E-state index contributed by atoms with van der Waals surface area (Å²) in [6, 6.07) is 12.5. The van der Waals surface area contributed by atoms with Crippen molar-refractivity contribution in [2.24, 2.45) is 0 Å². The second kappa shape index (κ2) is 10.7. The molecule has 162 valence electrons. The number of anilines is 1. The standard InChI is InChI=1S/C22H21IN2O5S/c1-3-29-17-11-14(10-16(23)20(17)30-4-2)12-18-21(27)25(22(28)31-18)13-19(26)24-15-8-6-5-7-9-15/h5-12H,3-4,13H2,1-2H3,(H,24,26)/b18-12+. The molecule has 1 saturated heterocycles. The van der Waals surface area contributed by atoms with Crippen LogP contribution in [0.5, 0.6) is 11.5 Å². The van der Waals surface area contributed by atoms with E-state index in [0.717, 1.165) is 20.2 Å². The minimum Gasteiger partial charge on any atom is -0.490 e. The Morgan fingerprint density at radius 2 is 1.84 bits per heavy atom. The van der Waals surface area contributed by atoms with Gasteiger partial charge in [0.15, 0.2) is 11.5 Å². The van der Waals surface area contributed by atoms with Crippen molar-refractivity contribution in [2.75, 3.05) is 25.1 Å². The van der Waals surface area contributed by atoms with Crippen molar-refractivity contribution in [3.8, 4) is 11.5 Å². The van der Waals surface area contributed by atoms with Gasteiger partial charge in [0, 0.05) is 5.69 Å². The third-order valence-electron chi connectivity index (χ3n) is 4.15. The number of hydrogen-bond donors (Lipinski definition) is 1. The number of carbonyl (C=O) groups is 3. The number of ether oxygens (including phenoxy) is 2. The number of nitrogens with zero attached hydrogens (tertiary/aromatic N) is 1. The van der Waals surface area contributed by atoms with Crippen molar-refractivity contribution in [2.45, 2.75) is 13.8 Å². The van der Waals surface area contributed by atoms with Crippen LogP contribution in [0.3, 0.4) is 0 Å². The highest BCUT2D eigenvalue weighted by atomic mass is 127.